The number of methoxy groups -OCH3 is 1. The van der Waals surface area contributed by atoms with Crippen LogP contribution in [0.4, 0.5) is 4.79 Å². The third-order valence-electron chi connectivity index (χ3n) is 4.56. The number of hydrogen-bond donors (Lipinski definition) is 2. The number of fused-ring (bicyclic) bond motifs is 1. The van der Waals surface area contributed by atoms with Crippen LogP contribution in [-0.4, -0.2) is 43.9 Å². The molecular formula is C16H28N2O4. The summed E-state index contributed by atoms with van der Waals surface area (Å²) in [5.74, 6) is 1.23. The molecule has 0 heterocycles. The van der Waals surface area contributed by atoms with E-state index in [2.05, 4.69) is 10.6 Å². The minimum absolute atomic E-state index is 0.0697. The number of amides is 1. The zero-order valence-electron chi connectivity index (χ0n) is 14.0. The molecule has 0 spiro atoms. The summed E-state index contributed by atoms with van der Waals surface area (Å²) in [6.07, 6.45) is 2.62. The molecular weight excluding hydrogens is 284 g/mol. The van der Waals surface area contributed by atoms with Crippen LogP contribution in [0, 0.1) is 17.8 Å². The van der Waals surface area contributed by atoms with E-state index in [9.17, 15) is 9.59 Å². The third kappa shape index (κ3) is 4.35. The van der Waals surface area contributed by atoms with Crippen LogP contribution < -0.4 is 10.6 Å². The Labute approximate surface area is 132 Å². The van der Waals surface area contributed by atoms with Crippen molar-refractivity contribution >= 4 is 12.1 Å². The molecule has 0 radical (unpaired) electrons. The van der Waals surface area contributed by atoms with Crippen LogP contribution in [0.5, 0.6) is 0 Å². The Morgan fingerprint density at radius 1 is 1.14 bits per heavy atom. The van der Waals surface area contributed by atoms with E-state index in [1.54, 1.807) is 0 Å². The summed E-state index contributed by atoms with van der Waals surface area (Å²) in [7, 11) is 1.46. The van der Waals surface area contributed by atoms with Crippen molar-refractivity contribution in [2.75, 3.05) is 20.2 Å². The molecule has 4 atom stereocenters. The first-order valence-electron chi connectivity index (χ1n) is 8.08. The SMILES string of the molecule is COC(=O)C1CC2CC(NCCNC(=O)OC(C)(C)C)C2C1. The fourth-order valence-electron chi connectivity index (χ4n) is 3.56. The van der Waals surface area contributed by atoms with Gasteiger partial charge in [0.2, 0.25) is 0 Å². The normalized spacial score (nSPS) is 30.2. The fraction of sp³-hybridized carbons (Fsp3) is 0.875. The highest BCUT2D eigenvalue weighted by atomic mass is 16.6. The molecule has 0 aliphatic heterocycles. The largest absolute Gasteiger partial charge is 0.469 e. The van der Waals surface area contributed by atoms with Crippen LogP contribution in [0.2, 0.25) is 0 Å². The second-order valence-corrected chi connectivity index (χ2v) is 7.34. The summed E-state index contributed by atoms with van der Waals surface area (Å²) in [5.41, 5.74) is -0.467. The van der Waals surface area contributed by atoms with Gasteiger partial charge in [0, 0.05) is 19.1 Å². The highest BCUT2D eigenvalue weighted by Crippen LogP contribution is 2.49. The maximum absolute atomic E-state index is 11.6. The lowest BCUT2D eigenvalue weighted by atomic mass is 9.71. The van der Waals surface area contributed by atoms with E-state index in [1.165, 1.54) is 7.11 Å². The van der Waals surface area contributed by atoms with E-state index < -0.39 is 5.60 Å². The monoisotopic (exact) mass is 312 g/mol. The van der Waals surface area contributed by atoms with E-state index in [-0.39, 0.29) is 18.0 Å². The highest BCUT2D eigenvalue weighted by molar-refractivity contribution is 5.72. The zero-order chi connectivity index (χ0) is 16.3. The van der Waals surface area contributed by atoms with E-state index in [1.807, 2.05) is 20.8 Å². The molecule has 0 aromatic heterocycles. The maximum Gasteiger partial charge on any atom is 0.407 e. The van der Waals surface area contributed by atoms with Gasteiger partial charge in [-0.15, -0.1) is 0 Å². The van der Waals surface area contributed by atoms with Crippen molar-refractivity contribution in [3.63, 3.8) is 0 Å². The Kier molecular flexibility index (Phi) is 5.32. The second-order valence-electron chi connectivity index (χ2n) is 7.34. The van der Waals surface area contributed by atoms with Crippen molar-refractivity contribution in [2.24, 2.45) is 17.8 Å². The predicted molar refractivity (Wildman–Crippen MR) is 82.4 cm³/mol. The number of rotatable bonds is 5. The van der Waals surface area contributed by atoms with Gasteiger partial charge in [-0.2, -0.15) is 0 Å². The number of carbonyl (C=O) groups excluding carboxylic acids is 2. The zero-order valence-corrected chi connectivity index (χ0v) is 14.0. The lowest BCUT2D eigenvalue weighted by Gasteiger charge is -2.41. The van der Waals surface area contributed by atoms with Crippen molar-refractivity contribution < 1.29 is 19.1 Å². The average Bonchev–Trinajstić information content (AvgIpc) is 2.73. The summed E-state index contributed by atoms with van der Waals surface area (Å²) in [6, 6.07) is 0.458. The van der Waals surface area contributed by atoms with Gasteiger partial charge in [-0.1, -0.05) is 0 Å². The van der Waals surface area contributed by atoms with Crippen LogP contribution in [-0.2, 0) is 14.3 Å². The Balaban J connectivity index is 1.60. The first-order valence-corrected chi connectivity index (χ1v) is 8.08. The van der Waals surface area contributed by atoms with Crippen LogP contribution in [0.15, 0.2) is 0 Å². The number of esters is 1. The predicted octanol–water partition coefficient (Wildman–Crippen LogP) is 1.69. The van der Waals surface area contributed by atoms with Gasteiger partial charge in [0.1, 0.15) is 5.60 Å². The Morgan fingerprint density at radius 2 is 1.86 bits per heavy atom. The molecule has 6 heteroatoms. The van der Waals surface area contributed by atoms with Crippen molar-refractivity contribution in [1.82, 2.24) is 10.6 Å². The van der Waals surface area contributed by atoms with Gasteiger partial charge in [0.05, 0.1) is 13.0 Å². The van der Waals surface area contributed by atoms with Crippen molar-refractivity contribution in [3.05, 3.63) is 0 Å². The van der Waals surface area contributed by atoms with Gasteiger partial charge in [0.15, 0.2) is 0 Å². The molecule has 2 saturated carbocycles. The van der Waals surface area contributed by atoms with Gasteiger partial charge >= 0.3 is 12.1 Å². The molecule has 0 aromatic rings. The van der Waals surface area contributed by atoms with Gasteiger partial charge in [-0.05, 0) is 51.9 Å². The summed E-state index contributed by atoms with van der Waals surface area (Å²) in [4.78, 5) is 23.1. The molecule has 2 rings (SSSR count). The molecule has 0 saturated heterocycles. The Bertz CT molecular complexity index is 419. The lowest BCUT2D eigenvalue weighted by Crippen LogP contribution is -2.50. The molecule has 2 aliphatic carbocycles. The molecule has 22 heavy (non-hydrogen) atoms. The number of hydrogen-bond acceptors (Lipinski definition) is 5. The highest BCUT2D eigenvalue weighted by Gasteiger charge is 2.49. The first kappa shape index (κ1) is 17.1. The lowest BCUT2D eigenvalue weighted by molar-refractivity contribution is -0.145. The molecule has 6 nitrogen and oxygen atoms in total. The molecule has 2 N–H and O–H groups in total. The van der Waals surface area contributed by atoms with E-state index in [0.717, 1.165) is 25.8 Å². The maximum atomic E-state index is 11.6. The number of alkyl carbamates (subject to hydrolysis) is 1. The second kappa shape index (κ2) is 6.86. The summed E-state index contributed by atoms with van der Waals surface area (Å²) in [6.45, 7) is 6.80. The summed E-state index contributed by atoms with van der Waals surface area (Å²) >= 11 is 0. The van der Waals surface area contributed by atoms with Crippen molar-refractivity contribution in [3.8, 4) is 0 Å². The summed E-state index contributed by atoms with van der Waals surface area (Å²) in [5, 5.41) is 6.20. The quantitative estimate of drug-likeness (QED) is 0.597. The minimum Gasteiger partial charge on any atom is -0.469 e. The average molecular weight is 312 g/mol. The Morgan fingerprint density at radius 3 is 2.50 bits per heavy atom. The Hall–Kier alpha value is -1.30. The molecule has 1 amide bonds. The third-order valence-corrected chi connectivity index (χ3v) is 4.56. The smallest absolute Gasteiger partial charge is 0.407 e. The number of ether oxygens (including phenoxy) is 2. The molecule has 4 unspecified atom stereocenters. The molecule has 2 fully saturated rings. The van der Waals surface area contributed by atoms with Gasteiger partial charge < -0.3 is 20.1 Å². The van der Waals surface area contributed by atoms with Crippen molar-refractivity contribution in [1.29, 1.82) is 0 Å². The summed E-state index contributed by atoms with van der Waals surface area (Å²) < 4.78 is 10.0. The van der Waals surface area contributed by atoms with Crippen LogP contribution in [0.3, 0.4) is 0 Å². The van der Waals surface area contributed by atoms with E-state index >= 15 is 0 Å². The van der Waals surface area contributed by atoms with Crippen LogP contribution in [0.1, 0.15) is 40.0 Å². The van der Waals surface area contributed by atoms with Gasteiger partial charge in [0.25, 0.3) is 0 Å². The number of nitrogens with one attached hydrogen (secondary N) is 2. The van der Waals surface area contributed by atoms with Gasteiger partial charge in [-0.3, -0.25) is 4.79 Å². The van der Waals surface area contributed by atoms with Crippen LogP contribution >= 0.6 is 0 Å². The van der Waals surface area contributed by atoms with E-state index in [4.69, 9.17) is 9.47 Å². The van der Waals surface area contributed by atoms with Gasteiger partial charge in [-0.25, -0.2) is 4.79 Å². The molecule has 0 aromatic carbocycles. The van der Waals surface area contributed by atoms with Crippen molar-refractivity contribution in [2.45, 2.75) is 51.7 Å². The standard InChI is InChI=1S/C16H28N2O4/c1-16(2,3)22-15(20)18-6-5-17-13-9-10-7-11(8-12(10)13)14(19)21-4/h10-13,17H,5-9H2,1-4H3,(H,18,20). The van der Waals surface area contributed by atoms with E-state index in [0.29, 0.717) is 24.4 Å². The molecule has 126 valence electrons. The fourth-order valence-corrected chi connectivity index (χ4v) is 3.56. The molecule has 2 aliphatic rings. The molecule has 0 bridgehead atoms. The minimum atomic E-state index is -0.467. The number of carbonyl (C=O) groups is 2. The topological polar surface area (TPSA) is 76.7 Å². The first-order chi connectivity index (χ1) is 10.3. The van der Waals surface area contributed by atoms with Crippen LogP contribution in [0.25, 0.3) is 0 Å².